The van der Waals surface area contributed by atoms with Crippen molar-refractivity contribution in [3.05, 3.63) is 54.1 Å². The van der Waals surface area contributed by atoms with Crippen LogP contribution in [0.1, 0.15) is 17.3 Å². The third kappa shape index (κ3) is 4.93. The van der Waals surface area contributed by atoms with Gasteiger partial charge in [-0.1, -0.05) is 31.2 Å². The highest BCUT2D eigenvalue weighted by Crippen LogP contribution is 2.25. The molecule has 0 unspecified atom stereocenters. The Kier molecular flexibility index (Phi) is 6.81. The highest BCUT2D eigenvalue weighted by atomic mass is 32.2. The SMILES string of the molecule is CCSc1ccccc1C(=O)NCCOc1ccccc1OC. The lowest BCUT2D eigenvalue weighted by Crippen LogP contribution is -2.28. The van der Waals surface area contributed by atoms with E-state index in [9.17, 15) is 4.79 Å². The number of hydrogen-bond acceptors (Lipinski definition) is 4. The summed E-state index contributed by atoms with van der Waals surface area (Å²) < 4.78 is 10.9. The largest absolute Gasteiger partial charge is 0.493 e. The zero-order chi connectivity index (χ0) is 16.5. The third-order valence-electron chi connectivity index (χ3n) is 3.15. The summed E-state index contributed by atoms with van der Waals surface area (Å²) in [7, 11) is 1.60. The maximum absolute atomic E-state index is 12.3. The minimum atomic E-state index is -0.0785. The van der Waals surface area contributed by atoms with Gasteiger partial charge in [0.05, 0.1) is 19.2 Å². The van der Waals surface area contributed by atoms with Crippen LogP contribution in [0, 0.1) is 0 Å². The second-order valence-electron chi connectivity index (χ2n) is 4.68. The van der Waals surface area contributed by atoms with E-state index in [4.69, 9.17) is 9.47 Å². The van der Waals surface area contributed by atoms with Crippen LogP contribution in [-0.2, 0) is 0 Å². The monoisotopic (exact) mass is 331 g/mol. The van der Waals surface area contributed by atoms with Crippen molar-refractivity contribution >= 4 is 17.7 Å². The van der Waals surface area contributed by atoms with Gasteiger partial charge >= 0.3 is 0 Å². The maximum atomic E-state index is 12.3. The number of para-hydroxylation sites is 2. The molecule has 4 nitrogen and oxygen atoms in total. The van der Waals surface area contributed by atoms with E-state index in [1.54, 1.807) is 18.9 Å². The predicted molar refractivity (Wildman–Crippen MR) is 93.7 cm³/mol. The Hall–Kier alpha value is -2.14. The lowest BCUT2D eigenvalue weighted by molar-refractivity contribution is 0.0944. The molecule has 1 N–H and O–H groups in total. The molecule has 0 fully saturated rings. The zero-order valence-corrected chi connectivity index (χ0v) is 14.2. The molecule has 0 aromatic heterocycles. The first-order valence-electron chi connectivity index (χ1n) is 7.52. The summed E-state index contributed by atoms with van der Waals surface area (Å²) >= 11 is 1.66. The number of amides is 1. The van der Waals surface area contributed by atoms with Gasteiger partial charge in [-0.25, -0.2) is 0 Å². The summed E-state index contributed by atoms with van der Waals surface area (Å²) in [5.74, 6) is 2.21. The van der Waals surface area contributed by atoms with Crippen molar-refractivity contribution < 1.29 is 14.3 Å². The molecule has 0 bridgehead atoms. The molecule has 2 aromatic rings. The van der Waals surface area contributed by atoms with Crippen molar-refractivity contribution in [2.75, 3.05) is 26.0 Å². The highest BCUT2D eigenvalue weighted by Gasteiger charge is 2.10. The fourth-order valence-corrected chi connectivity index (χ4v) is 2.90. The summed E-state index contributed by atoms with van der Waals surface area (Å²) in [4.78, 5) is 13.3. The normalized spacial score (nSPS) is 10.2. The van der Waals surface area contributed by atoms with E-state index in [2.05, 4.69) is 12.2 Å². The predicted octanol–water partition coefficient (Wildman–Crippen LogP) is 3.62. The summed E-state index contributed by atoms with van der Waals surface area (Å²) in [6.45, 7) is 2.89. The first-order chi connectivity index (χ1) is 11.3. The molecule has 0 heterocycles. The molecule has 5 heteroatoms. The standard InChI is InChI=1S/C18H21NO3S/c1-3-23-17-11-7-4-8-14(17)18(20)19-12-13-22-16-10-6-5-9-15(16)21-2/h4-11H,3,12-13H2,1-2H3,(H,19,20). The number of thioether (sulfide) groups is 1. The maximum Gasteiger partial charge on any atom is 0.252 e. The lowest BCUT2D eigenvalue weighted by Gasteiger charge is -2.12. The number of carbonyl (C=O) groups is 1. The van der Waals surface area contributed by atoms with E-state index in [0.29, 0.717) is 30.2 Å². The van der Waals surface area contributed by atoms with Crippen LogP contribution < -0.4 is 14.8 Å². The average Bonchev–Trinajstić information content (AvgIpc) is 2.59. The van der Waals surface area contributed by atoms with E-state index in [1.165, 1.54) is 0 Å². The molecule has 0 spiro atoms. The Balaban J connectivity index is 1.86. The third-order valence-corrected chi connectivity index (χ3v) is 4.10. The topological polar surface area (TPSA) is 47.6 Å². The fraction of sp³-hybridized carbons (Fsp3) is 0.278. The van der Waals surface area contributed by atoms with Crippen LogP contribution in [0.4, 0.5) is 0 Å². The lowest BCUT2D eigenvalue weighted by atomic mass is 10.2. The Bertz CT molecular complexity index is 646. The van der Waals surface area contributed by atoms with Crippen molar-refractivity contribution in [3.8, 4) is 11.5 Å². The quantitative estimate of drug-likeness (QED) is 0.593. The molecular weight excluding hydrogens is 310 g/mol. The van der Waals surface area contributed by atoms with Crippen molar-refractivity contribution in [3.63, 3.8) is 0 Å². The number of nitrogens with one attached hydrogen (secondary N) is 1. The van der Waals surface area contributed by atoms with Crippen molar-refractivity contribution in [2.24, 2.45) is 0 Å². The molecule has 0 radical (unpaired) electrons. The highest BCUT2D eigenvalue weighted by molar-refractivity contribution is 7.99. The molecular formula is C18H21NO3S. The van der Waals surface area contributed by atoms with E-state index >= 15 is 0 Å². The second-order valence-corrected chi connectivity index (χ2v) is 5.99. The molecule has 2 rings (SSSR count). The molecule has 23 heavy (non-hydrogen) atoms. The van der Waals surface area contributed by atoms with E-state index in [1.807, 2.05) is 48.5 Å². The average molecular weight is 331 g/mol. The molecule has 0 saturated heterocycles. The summed E-state index contributed by atoms with van der Waals surface area (Å²) in [6.07, 6.45) is 0. The van der Waals surface area contributed by atoms with Crippen LogP contribution >= 0.6 is 11.8 Å². The zero-order valence-electron chi connectivity index (χ0n) is 13.4. The van der Waals surface area contributed by atoms with Crippen LogP contribution in [0.2, 0.25) is 0 Å². The van der Waals surface area contributed by atoms with Gasteiger partial charge in [0.25, 0.3) is 5.91 Å². The van der Waals surface area contributed by atoms with Crippen molar-refractivity contribution in [2.45, 2.75) is 11.8 Å². The molecule has 0 aliphatic carbocycles. The molecule has 0 aliphatic heterocycles. The minimum Gasteiger partial charge on any atom is -0.493 e. The molecule has 0 aliphatic rings. The van der Waals surface area contributed by atoms with E-state index in [0.717, 1.165) is 10.6 Å². The van der Waals surface area contributed by atoms with Gasteiger partial charge in [0.2, 0.25) is 0 Å². The Morgan fingerprint density at radius 2 is 1.78 bits per heavy atom. The molecule has 2 aromatic carbocycles. The van der Waals surface area contributed by atoms with Gasteiger partial charge in [-0.05, 0) is 30.0 Å². The summed E-state index contributed by atoms with van der Waals surface area (Å²) in [5, 5.41) is 2.89. The first kappa shape index (κ1) is 17.2. The van der Waals surface area contributed by atoms with Crippen molar-refractivity contribution in [1.29, 1.82) is 0 Å². The number of benzene rings is 2. The molecule has 0 atom stereocenters. The molecule has 122 valence electrons. The van der Waals surface area contributed by atoms with E-state index in [-0.39, 0.29) is 5.91 Å². The van der Waals surface area contributed by atoms with Crippen molar-refractivity contribution in [1.82, 2.24) is 5.32 Å². The number of hydrogen-bond donors (Lipinski definition) is 1. The first-order valence-corrected chi connectivity index (χ1v) is 8.50. The van der Waals surface area contributed by atoms with Gasteiger partial charge in [0.15, 0.2) is 11.5 Å². The van der Waals surface area contributed by atoms with Crippen LogP contribution in [-0.4, -0.2) is 31.9 Å². The van der Waals surface area contributed by atoms with Crippen LogP contribution in [0.5, 0.6) is 11.5 Å². The summed E-state index contributed by atoms with van der Waals surface area (Å²) in [6, 6.07) is 15.1. The summed E-state index contributed by atoms with van der Waals surface area (Å²) in [5.41, 5.74) is 0.705. The smallest absolute Gasteiger partial charge is 0.252 e. The van der Waals surface area contributed by atoms with Gasteiger partial charge in [-0.2, -0.15) is 0 Å². The fourth-order valence-electron chi connectivity index (χ4n) is 2.09. The van der Waals surface area contributed by atoms with Crippen LogP contribution in [0.3, 0.4) is 0 Å². The second kappa shape index (κ2) is 9.10. The Labute approximate surface area is 141 Å². The molecule has 1 amide bonds. The number of ether oxygens (including phenoxy) is 2. The van der Waals surface area contributed by atoms with Gasteiger partial charge in [-0.3, -0.25) is 4.79 Å². The number of rotatable bonds is 8. The Morgan fingerprint density at radius 1 is 1.09 bits per heavy atom. The van der Waals surface area contributed by atoms with E-state index < -0.39 is 0 Å². The van der Waals surface area contributed by atoms with Gasteiger partial charge < -0.3 is 14.8 Å². The van der Waals surface area contributed by atoms with Crippen LogP contribution in [0.15, 0.2) is 53.4 Å². The van der Waals surface area contributed by atoms with Crippen LogP contribution in [0.25, 0.3) is 0 Å². The Morgan fingerprint density at radius 3 is 2.52 bits per heavy atom. The van der Waals surface area contributed by atoms with Gasteiger partial charge in [0, 0.05) is 4.90 Å². The number of carbonyl (C=O) groups excluding carboxylic acids is 1. The van der Waals surface area contributed by atoms with Gasteiger partial charge in [-0.15, -0.1) is 11.8 Å². The van der Waals surface area contributed by atoms with Gasteiger partial charge in [0.1, 0.15) is 6.61 Å². The number of methoxy groups -OCH3 is 1. The minimum absolute atomic E-state index is 0.0785. The molecule has 0 saturated carbocycles.